The van der Waals surface area contributed by atoms with E-state index in [0.717, 1.165) is 54.4 Å². The highest BCUT2D eigenvalue weighted by Crippen LogP contribution is 2.35. The predicted molar refractivity (Wildman–Crippen MR) is 149 cm³/mol. The normalized spacial score (nSPS) is 22.7. The van der Waals surface area contributed by atoms with E-state index in [9.17, 15) is 14.4 Å². The predicted octanol–water partition coefficient (Wildman–Crippen LogP) is 4.32. The number of ether oxygens (including phenoxy) is 1. The topological polar surface area (TPSA) is 91.8 Å². The number of piperidine rings is 1. The molecule has 1 N–H and O–H groups in total. The first-order chi connectivity index (χ1) is 18.8. The number of fused-ring (bicyclic) bond motifs is 2. The largest absolute Gasteiger partial charge is 0.375 e. The van der Waals surface area contributed by atoms with Crippen molar-refractivity contribution >= 4 is 34.3 Å². The van der Waals surface area contributed by atoms with Gasteiger partial charge in [0, 0.05) is 37.3 Å². The standard InChI is InChI=1S/C31H34N4O4/c1-31(2)16-23(12-14-39-31)33-28(36)22-8-6-13-34(19-22)26-11-5-9-24-27(26)30(38)35(29(24)37)18-20-15-21-7-3-4-10-25(21)32-17-20/h3-5,7,9-11,15,17,22-23H,6,8,12-14,16,18-19H2,1-2H3,(H,33,36)/t22-,23-/m1/s1. The van der Waals surface area contributed by atoms with Crippen LogP contribution in [0.3, 0.4) is 0 Å². The molecule has 2 atom stereocenters. The SMILES string of the molecule is CC1(C)C[C@H](NC(=O)[C@@H]2CCCN(c3cccc4c3C(=O)N(Cc3cnc5ccccc5c3)C4=O)C2)CCO1. The minimum atomic E-state index is -0.297. The highest BCUT2D eigenvalue weighted by Gasteiger charge is 2.40. The highest BCUT2D eigenvalue weighted by atomic mass is 16.5. The Balaban J connectivity index is 1.19. The van der Waals surface area contributed by atoms with Crippen LogP contribution >= 0.6 is 0 Å². The van der Waals surface area contributed by atoms with E-state index in [0.29, 0.717) is 24.3 Å². The van der Waals surface area contributed by atoms with E-state index in [1.165, 1.54) is 4.90 Å². The van der Waals surface area contributed by atoms with E-state index in [1.807, 2.05) is 42.5 Å². The Morgan fingerprint density at radius 2 is 1.95 bits per heavy atom. The van der Waals surface area contributed by atoms with E-state index in [4.69, 9.17) is 4.74 Å². The van der Waals surface area contributed by atoms with E-state index in [2.05, 4.69) is 29.0 Å². The van der Waals surface area contributed by atoms with Crippen LogP contribution in [-0.2, 0) is 16.1 Å². The molecule has 8 heteroatoms. The molecular formula is C31H34N4O4. The smallest absolute Gasteiger partial charge is 0.263 e. The number of para-hydroxylation sites is 1. The Bertz CT molecular complexity index is 1450. The number of hydrogen-bond acceptors (Lipinski definition) is 6. The maximum absolute atomic E-state index is 13.6. The van der Waals surface area contributed by atoms with Gasteiger partial charge in [-0.2, -0.15) is 0 Å². The third kappa shape index (κ3) is 5.01. The molecule has 6 rings (SSSR count). The molecule has 0 spiro atoms. The summed E-state index contributed by atoms with van der Waals surface area (Å²) in [6.07, 6.45) is 4.98. The summed E-state index contributed by atoms with van der Waals surface area (Å²) < 4.78 is 5.80. The summed E-state index contributed by atoms with van der Waals surface area (Å²) >= 11 is 0. The van der Waals surface area contributed by atoms with Crippen LogP contribution in [0.1, 0.15) is 65.8 Å². The lowest BCUT2D eigenvalue weighted by molar-refractivity contribution is -0.128. The molecule has 8 nitrogen and oxygen atoms in total. The summed E-state index contributed by atoms with van der Waals surface area (Å²) in [5, 5.41) is 4.22. The second kappa shape index (κ2) is 10.1. The van der Waals surface area contributed by atoms with Crippen molar-refractivity contribution < 1.29 is 19.1 Å². The highest BCUT2D eigenvalue weighted by molar-refractivity contribution is 6.23. The molecular weight excluding hydrogens is 492 g/mol. The number of pyridine rings is 1. The summed E-state index contributed by atoms with van der Waals surface area (Å²) in [4.78, 5) is 48.1. The molecule has 3 aliphatic heterocycles. The van der Waals surface area contributed by atoms with Gasteiger partial charge in [0.05, 0.1) is 40.4 Å². The van der Waals surface area contributed by atoms with Gasteiger partial charge in [0.25, 0.3) is 11.8 Å². The molecule has 202 valence electrons. The van der Waals surface area contributed by atoms with Crippen molar-refractivity contribution in [3.8, 4) is 0 Å². The Kier molecular flexibility index (Phi) is 6.59. The maximum Gasteiger partial charge on any atom is 0.263 e. The number of nitrogens with zero attached hydrogens (tertiary/aromatic N) is 3. The van der Waals surface area contributed by atoms with Crippen molar-refractivity contribution in [3.63, 3.8) is 0 Å². The van der Waals surface area contributed by atoms with Gasteiger partial charge in [-0.3, -0.25) is 24.3 Å². The van der Waals surface area contributed by atoms with Crippen LogP contribution in [-0.4, -0.2) is 58.9 Å². The molecule has 3 aromatic rings. The monoisotopic (exact) mass is 526 g/mol. The molecule has 4 heterocycles. The van der Waals surface area contributed by atoms with Crippen molar-refractivity contribution in [2.45, 2.75) is 57.7 Å². The molecule has 3 amide bonds. The first kappa shape index (κ1) is 25.5. The van der Waals surface area contributed by atoms with E-state index in [-0.39, 0.29) is 41.8 Å². The summed E-state index contributed by atoms with van der Waals surface area (Å²) in [6, 6.07) is 15.3. The van der Waals surface area contributed by atoms with Crippen LogP contribution in [0, 0.1) is 5.92 Å². The lowest BCUT2D eigenvalue weighted by atomic mass is 9.91. The number of nitrogens with one attached hydrogen (secondary N) is 1. The number of amides is 3. The lowest BCUT2D eigenvalue weighted by Crippen LogP contribution is -2.50. The molecule has 0 radical (unpaired) electrons. The van der Waals surface area contributed by atoms with Crippen molar-refractivity contribution in [2.75, 3.05) is 24.6 Å². The van der Waals surface area contributed by atoms with E-state index >= 15 is 0 Å². The number of imide groups is 1. The third-order valence-corrected chi connectivity index (χ3v) is 8.14. The van der Waals surface area contributed by atoms with Gasteiger partial charge in [0.15, 0.2) is 0 Å². The third-order valence-electron chi connectivity index (χ3n) is 8.14. The van der Waals surface area contributed by atoms with Gasteiger partial charge in [-0.25, -0.2) is 0 Å². The molecule has 0 bridgehead atoms. The first-order valence-corrected chi connectivity index (χ1v) is 13.8. The molecule has 2 saturated heterocycles. The molecule has 2 aromatic carbocycles. The minimum absolute atomic E-state index is 0.0582. The fraction of sp³-hybridized carbons (Fsp3) is 0.419. The second-order valence-corrected chi connectivity index (χ2v) is 11.5. The Labute approximate surface area is 228 Å². The van der Waals surface area contributed by atoms with Gasteiger partial charge in [0.1, 0.15) is 0 Å². The molecule has 0 aliphatic carbocycles. The zero-order chi connectivity index (χ0) is 27.1. The Hall–Kier alpha value is -3.78. The van der Waals surface area contributed by atoms with Gasteiger partial charge in [-0.1, -0.05) is 24.3 Å². The molecule has 39 heavy (non-hydrogen) atoms. The van der Waals surface area contributed by atoms with Gasteiger partial charge in [-0.05, 0) is 69.4 Å². The summed E-state index contributed by atoms with van der Waals surface area (Å²) in [7, 11) is 0. The van der Waals surface area contributed by atoms with Crippen LogP contribution in [0.15, 0.2) is 54.7 Å². The van der Waals surface area contributed by atoms with Gasteiger partial charge in [-0.15, -0.1) is 0 Å². The fourth-order valence-electron chi connectivity index (χ4n) is 6.19. The van der Waals surface area contributed by atoms with Gasteiger partial charge in [0.2, 0.25) is 5.91 Å². The first-order valence-electron chi connectivity index (χ1n) is 13.8. The average molecular weight is 527 g/mol. The van der Waals surface area contributed by atoms with Crippen LogP contribution in [0.4, 0.5) is 5.69 Å². The van der Waals surface area contributed by atoms with Crippen molar-refractivity contribution in [2.24, 2.45) is 5.92 Å². The number of carbonyl (C=O) groups excluding carboxylic acids is 3. The van der Waals surface area contributed by atoms with Crippen LogP contribution in [0.25, 0.3) is 10.9 Å². The van der Waals surface area contributed by atoms with Crippen LogP contribution < -0.4 is 10.2 Å². The lowest BCUT2D eigenvalue weighted by Gasteiger charge is -2.38. The minimum Gasteiger partial charge on any atom is -0.375 e. The van der Waals surface area contributed by atoms with Crippen molar-refractivity contribution in [1.29, 1.82) is 0 Å². The van der Waals surface area contributed by atoms with Gasteiger partial charge < -0.3 is 15.0 Å². The average Bonchev–Trinajstić information content (AvgIpc) is 3.17. The molecule has 1 aromatic heterocycles. The zero-order valence-electron chi connectivity index (χ0n) is 22.5. The van der Waals surface area contributed by atoms with Crippen LogP contribution in [0.5, 0.6) is 0 Å². The van der Waals surface area contributed by atoms with Gasteiger partial charge >= 0.3 is 0 Å². The van der Waals surface area contributed by atoms with Crippen molar-refractivity contribution in [3.05, 3.63) is 71.4 Å². The van der Waals surface area contributed by atoms with E-state index < -0.39 is 0 Å². The fourth-order valence-corrected chi connectivity index (χ4v) is 6.19. The molecule has 2 fully saturated rings. The Morgan fingerprint density at radius 1 is 1.10 bits per heavy atom. The number of anilines is 1. The number of carbonyl (C=O) groups is 3. The van der Waals surface area contributed by atoms with E-state index in [1.54, 1.807) is 12.3 Å². The second-order valence-electron chi connectivity index (χ2n) is 11.5. The van der Waals surface area contributed by atoms with Crippen LogP contribution in [0.2, 0.25) is 0 Å². The number of hydrogen-bond donors (Lipinski definition) is 1. The maximum atomic E-state index is 13.6. The number of benzene rings is 2. The quantitative estimate of drug-likeness (QED) is 0.498. The number of aromatic nitrogens is 1. The summed E-state index contributed by atoms with van der Waals surface area (Å²) in [5.41, 5.74) is 3.02. The summed E-state index contributed by atoms with van der Waals surface area (Å²) in [5.74, 6) is -0.705. The summed E-state index contributed by atoms with van der Waals surface area (Å²) in [6.45, 7) is 6.18. The molecule has 0 unspecified atom stereocenters. The number of rotatable bonds is 5. The molecule has 3 aliphatic rings. The Morgan fingerprint density at radius 3 is 2.79 bits per heavy atom. The molecule has 0 saturated carbocycles. The zero-order valence-corrected chi connectivity index (χ0v) is 22.5. The van der Waals surface area contributed by atoms with Crippen molar-refractivity contribution in [1.82, 2.24) is 15.2 Å².